The molecule has 114 valence electrons. The Kier molecular flexibility index (Phi) is 6.66. The molecule has 8 heteroatoms. The lowest BCUT2D eigenvalue weighted by Crippen LogP contribution is -2.24. The van der Waals surface area contributed by atoms with E-state index in [0.29, 0.717) is 5.56 Å². The summed E-state index contributed by atoms with van der Waals surface area (Å²) in [7, 11) is 0. The van der Waals surface area contributed by atoms with Crippen LogP contribution in [0.1, 0.15) is 5.56 Å². The average Bonchev–Trinajstić information content (AvgIpc) is 2.33. The molecule has 0 unspecified atom stereocenters. The molecule has 0 aliphatic rings. The maximum Gasteiger partial charge on any atom is 0.411 e. The van der Waals surface area contributed by atoms with E-state index in [1.165, 1.54) is 6.07 Å². The standard InChI is InChI=1S/C12H14F5NO2/c13-11(14)20-10-4-2-1-3-9(10)7-18-5-6-19-8-12(15,16)17/h1-4,11,18H,5-8H2. The zero-order valence-electron chi connectivity index (χ0n) is 10.4. The second-order valence-electron chi connectivity index (χ2n) is 3.83. The van der Waals surface area contributed by atoms with Crippen molar-refractivity contribution in [2.24, 2.45) is 0 Å². The Morgan fingerprint density at radius 3 is 2.50 bits per heavy atom. The zero-order chi connectivity index (χ0) is 15.0. The number of ether oxygens (including phenoxy) is 2. The molecule has 0 atom stereocenters. The fraction of sp³-hybridized carbons (Fsp3) is 0.500. The van der Waals surface area contributed by atoms with Crippen LogP contribution in [-0.4, -0.2) is 32.5 Å². The van der Waals surface area contributed by atoms with Crippen molar-refractivity contribution in [3.8, 4) is 5.75 Å². The van der Waals surface area contributed by atoms with E-state index in [0.717, 1.165) is 0 Å². The highest BCUT2D eigenvalue weighted by molar-refractivity contribution is 5.33. The number of benzene rings is 1. The minimum atomic E-state index is -4.35. The Morgan fingerprint density at radius 1 is 1.15 bits per heavy atom. The van der Waals surface area contributed by atoms with Crippen LogP contribution in [0.2, 0.25) is 0 Å². The summed E-state index contributed by atoms with van der Waals surface area (Å²) in [5.74, 6) is 0.0335. The number of rotatable bonds is 8. The topological polar surface area (TPSA) is 30.5 Å². The summed E-state index contributed by atoms with van der Waals surface area (Å²) in [5.41, 5.74) is 0.489. The van der Waals surface area contributed by atoms with Crippen LogP contribution < -0.4 is 10.1 Å². The van der Waals surface area contributed by atoms with Crippen LogP contribution in [0, 0.1) is 0 Å². The second-order valence-corrected chi connectivity index (χ2v) is 3.83. The van der Waals surface area contributed by atoms with Crippen LogP contribution in [0.3, 0.4) is 0 Å². The molecule has 1 rings (SSSR count). The van der Waals surface area contributed by atoms with Gasteiger partial charge in [0.1, 0.15) is 12.4 Å². The summed E-state index contributed by atoms with van der Waals surface area (Å²) in [6.45, 7) is -4.00. The summed E-state index contributed by atoms with van der Waals surface area (Å²) in [5, 5.41) is 2.78. The first-order valence-electron chi connectivity index (χ1n) is 5.76. The fourth-order valence-electron chi connectivity index (χ4n) is 1.42. The van der Waals surface area contributed by atoms with Crippen molar-refractivity contribution in [2.75, 3.05) is 19.8 Å². The van der Waals surface area contributed by atoms with Crippen LogP contribution in [0.4, 0.5) is 22.0 Å². The van der Waals surface area contributed by atoms with Crippen LogP contribution >= 0.6 is 0 Å². The SMILES string of the molecule is FC(F)Oc1ccccc1CNCCOCC(F)(F)F. The van der Waals surface area contributed by atoms with Gasteiger partial charge in [-0.15, -0.1) is 0 Å². The first-order valence-corrected chi connectivity index (χ1v) is 5.76. The molecule has 0 saturated carbocycles. The molecule has 1 N–H and O–H groups in total. The van der Waals surface area contributed by atoms with Crippen molar-refractivity contribution >= 4 is 0 Å². The van der Waals surface area contributed by atoms with E-state index in [4.69, 9.17) is 0 Å². The minimum Gasteiger partial charge on any atom is -0.434 e. The van der Waals surface area contributed by atoms with Gasteiger partial charge in [-0.25, -0.2) is 0 Å². The Balaban J connectivity index is 2.28. The van der Waals surface area contributed by atoms with E-state index < -0.39 is 19.4 Å². The third-order valence-electron chi connectivity index (χ3n) is 2.19. The van der Waals surface area contributed by atoms with Gasteiger partial charge in [0, 0.05) is 18.7 Å². The summed E-state index contributed by atoms with van der Waals surface area (Å²) in [6, 6.07) is 6.17. The average molecular weight is 299 g/mol. The number of nitrogens with one attached hydrogen (secondary N) is 1. The number of alkyl halides is 5. The first kappa shape index (κ1) is 16.6. The molecule has 0 aliphatic carbocycles. The molecule has 1 aromatic rings. The first-order chi connectivity index (χ1) is 9.38. The molecule has 0 radical (unpaired) electrons. The molecule has 0 bridgehead atoms. The van der Waals surface area contributed by atoms with Gasteiger partial charge >= 0.3 is 12.8 Å². The fourth-order valence-corrected chi connectivity index (χ4v) is 1.42. The molecule has 0 spiro atoms. The third kappa shape index (κ3) is 7.25. The quantitative estimate of drug-likeness (QED) is 0.591. The van der Waals surface area contributed by atoms with Gasteiger partial charge in [0.25, 0.3) is 0 Å². The van der Waals surface area contributed by atoms with Crippen molar-refractivity contribution in [3.63, 3.8) is 0 Å². The number of hydrogen-bond donors (Lipinski definition) is 1. The van der Waals surface area contributed by atoms with Crippen molar-refractivity contribution in [1.29, 1.82) is 0 Å². The monoisotopic (exact) mass is 299 g/mol. The van der Waals surface area contributed by atoms with Gasteiger partial charge in [0.2, 0.25) is 0 Å². The molecule has 0 heterocycles. The molecule has 0 fully saturated rings. The minimum absolute atomic E-state index is 0.0335. The van der Waals surface area contributed by atoms with Gasteiger partial charge < -0.3 is 14.8 Å². The lowest BCUT2D eigenvalue weighted by atomic mass is 10.2. The Bertz CT molecular complexity index is 398. The van der Waals surface area contributed by atoms with E-state index >= 15 is 0 Å². The normalized spacial score (nSPS) is 11.9. The Hall–Kier alpha value is -1.41. The van der Waals surface area contributed by atoms with E-state index in [1.807, 2.05) is 0 Å². The maximum atomic E-state index is 12.1. The van der Waals surface area contributed by atoms with Crippen molar-refractivity contribution in [3.05, 3.63) is 29.8 Å². The predicted molar refractivity (Wildman–Crippen MR) is 61.7 cm³/mol. The molecule has 20 heavy (non-hydrogen) atoms. The summed E-state index contributed by atoms with van der Waals surface area (Å²) < 4.78 is 68.3. The van der Waals surface area contributed by atoms with E-state index in [1.54, 1.807) is 18.2 Å². The highest BCUT2D eigenvalue weighted by Gasteiger charge is 2.27. The second kappa shape index (κ2) is 8.01. The van der Waals surface area contributed by atoms with Crippen LogP contribution in [-0.2, 0) is 11.3 Å². The van der Waals surface area contributed by atoms with Gasteiger partial charge in [-0.1, -0.05) is 18.2 Å². The third-order valence-corrected chi connectivity index (χ3v) is 2.19. The van der Waals surface area contributed by atoms with Crippen LogP contribution in [0.5, 0.6) is 5.75 Å². The van der Waals surface area contributed by atoms with Crippen molar-refractivity contribution in [1.82, 2.24) is 5.32 Å². The summed E-state index contributed by atoms with van der Waals surface area (Å²) in [4.78, 5) is 0. The molecule has 0 aromatic heterocycles. The largest absolute Gasteiger partial charge is 0.434 e. The van der Waals surface area contributed by atoms with Gasteiger partial charge in [-0.05, 0) is 6.07 Å². The molecule has 0 saturated heterocycles. The highest BCUT2D eigenvalue weighted by Crippen LogP contribution is 2.19. The summed E-state index contributed by atoms with van der Waals surface area (Å²) >= 11 is 0. The molecular formula is C12H14F5NO2. The number of hydrogen-bond acceptors (Lipinski definition) is 3. The highest BCUT2D eigenvalue weighted by atomic mass is 19.4. The molecule has 3 nitrogen and oxygen atoms in total. The molecule has 0 aliphatic heterocycles. The van der Waals surface area contributed by atoms with Crippen LogP contribution in [0.25, 0.3) is 0 Å². The van der Waals surface area contributed by atoms with Gasteiger partial charge in [0.05, 0.1) is 6.61 Å². The molecule has 1 aromatic carbocycles. The smallest absolute Gasteiger partial charge is 0.411 e. The van der Waals surface area contributed by atoms with Crippen LogP contribution in [0.15, 0.2) is 24.3 Å². The van der Waals surface area contributed by atoms with E-state index in [2.05, 4.69) is 14.8 Å². The van der Waals surface area contributed by atoms with Crippen molar-refractivity contribution < 1.29 is 31.4 Å². The van der Waals surface area contributed by atoms with Crippen molar-refractivity contribution in [2.45, 2.75) is 19.3 Å². The predicted octanol–water partition coefficient (Wildman–Crippen LogP) is 2.96. The lowest BCUT2D eigenvalue weighted by molar-refractivity contribution is -0.173. The van der Waals surface area contributed by atoms with Gasteiger partial charge in [-0.3, -0.25) is 0 Å². The lowest BCUT2D eigenvalue weighted by Gasteiger charge is -2.11. The molecule has 0 amide bonds. The van der Waals surface area contributed by atoms with E-state index in [9.17, 15) is 22.0 Å². The summed E-state index contributed by atoms with van der Waals surface area (Å²) in [6.07, 6.45) is -4.35. The number of para-hydroxylation sites is 1. The zero-order valence-corrected chi connectivity index (χ0v) is 10.4. The molecular weight excluding hydrogens is 285 g/mol. The Morgan fingerprint density at radius 2 is 1.85 bits per heavy atom. The number of halogens is 5. The van der Waals surface area contributed by atoms with Gasteiger partial charge in [-0.2, -0.15) is 22.0 Å². The maximum absolute atomic E-state index is 12.1. The Labute approximate surface area is 112 Å². The van der Waals surface area contributed by atoms with E-state index in [-0.39, 0.29) is 25.4 Å². The van der Waals surface area contributed by atoms with Gasteiger partial charge in [0.15, 0.2) is 0 Å².